The number of rotatable bonds is 4. The maximum Gasteiger partial charge on any atom is 0.326 e. The molecule has 1 aromatic carbocycles. The molecule has 0 atom stereocenters. The van der Waals surface area contributed by atoms with Crippen LogP contribution < -0.4 is 5.69 Å². The zero-order valence-electron chi connectivity index (χ0n) is 16.7. The number of aromatic nitrogens is 3. The van der Waals surface area contributed by atoms with Crippen molar-refractivity contribution in [3.63, 3.8) is 0 Å². The molecule has 0 radical (unpaired) electrons. The smallest absolute Gasteiger partial charge is 0.326 e. The van der Waals surface area contributed by atoms with Crippen molar-refractivity contribution in [2.45, 2.75) is 47.7 Å². The summed E-state index contributed by atoms with van der Waals surface area (Å²) in [7, 11) is 1.73. The van der Waals surface area contributed by atoms with Gasteiger partial charge in [0, 0.05) is 19.2 Å². The van der Waals surface area contributed by atoms with Gasteiger partial charge in [-0.05, 0) is 31.4 Å². The molecule has 7 nitrogen and oxygen atoms in total. The Hall–Kier alpha value is -2.83. The number of hydrogen-bond donors (Lipinski definition) is 1. The van der Waals surface area contributed by atoms with E-state index in [1.54, 1.807) is 22.6 Å². The molecule has 2 aromatic heterocycles. The van der Waals surface area contributed by atoms with E-state index < -0.39 is 0 Å². The maximum atomic E-state index is 13.1. The Bertz CT molecular complexity index is 1030. The minimum absolute atomic E-state index is 0.0565. The van der Waals surface area contributed by atoms with E-state index in [0.29, 0.717) is 29.9 Å². The lowest BCUT2D eigenvalue weighted by Crippen LogP contribution is -2.27. The highest BCUT2D eigenvalue weighted by molar-refractivity contribution is 6.04. The third-order valence-corrected chi connectivity index (χ3v) is 4.60. The number of nitrogens with zero attached hydrogens (tertiary/aromatic N) is 3. The summed E-state index contributed by atoms with van der Waals surface area (Å²) in [6.45, 7) is 10.9. The van der Waals surface area contributed by atoms with Crippen molar-refractivity contribution >= 4 is 16.9 Å². The van der Waals surface area contributed by atoms with Crippen LogP contribution in [0.15, 0.2) is 27.5 Å². The third kappa shape index (κ3) is 3.67. The summed E-state index contributed by atoms with van der Waals surface area (Å²) in [5.74, 6) is 0.542. The Labute approximate surface area is 158 Å². The van der Waals surface area contributed by atoms with Crippen LogP contribution >= 0.6 is 0 Å². The summed E-state index contributed by atoms with van der Waals surface area (Å²) in [6.07, 6.45) is 0. The van der Waals surface area contributed by atoms with Crippen LogP contribution in [-0.2, 0) is 13.1 Å². The summed E-state index contributed by atoms with van der Waals surface area (Å²) in [4.78, 5) is 30.0. The highest BCUT2D eigenvalue weighted by atomic mass is 16.5. The van der Waals surface area contributed by atoms with Gasteiger partial charge in [-0.3, -0.25) is 9.36 Å². The molecule has 7 heteroatoms. The van der Waals surface area contributed by atoms with Crippen LogP contribution in [0.5, 0.6) is 0 Å². The van der Waals surface area contributed by atoms with Crippen LogP contribution in [-0.4, -0.2) is 32.6 Å². The molecule has 2 heterocycles. The first-order valence-electron chi connectivity index (χ1n) is 8.97. The van der Waals surface area contributed by atoms with Crippen molar-refractivity contribution in [1.82, 2.24) is 19.6 Å². The molecular weight excluding hydrogens is 344 g/mol. The largest absolute Gasteiger partial charge is 0.361 e. The second-order valence-corrected chi connectivity index (χ2v) is 8.24. The Morgan fingerprint density at radius 1 is 1.30 bits per heavy atom. The molecule has 1 amide bonds. The predicted octanol–water partition coefficient (Wildman–Crippen LogP) is 3.25. The molecule has 0 unspecified atom stereocenters. The van der Waals surface area contributed by atoms with E-state index in [-0.39, 0.29) is 17.0 Å². The van der Waals surface area contributed by atoms with Gasteiger partial charge in [-0.2, -0.15) is 0 Å². The maximum absolute atomic E-state index is 13.1. The predicted molar refractivity (Wildman–Crippen MR) is 104 cm³/mol. The molecule has 0 fully saturated rings. The van der Waals surface area contributed by atoms with E-state index in [2.05, 4.69) is 30.9 Å². The quantitative estimate of drug-likeness (QED) is 0.764. The van der Waals surface area contributed by atoms with Gasteiger partial charge >= 0.3 is 5.69 Å². The molecule has 144 valence electrons. The number of aromatic amines is 1. The topological polar surface area (TPSA) is 84.1 Å². The molecule has 0 saturated carbocycles. The number of amides is 1. The lowest BCUT2D eigenvalue weighted by atomic mass is 9.97. The standard InChI is InChI=1S/C20H26N4O3/c1-12-15(13(2)27-22-12)10-23(6)18(25)14-8-7-9-16-17(14)21-19(26)24(16)11-20(3,4)5/h7-9H,10-11H2,1-6H3,(H,21,26). The average Bonchev–Trinajstić information content (AvgIpc) is 3.06. The lowest BCUT2D eigenvalue weighted by Gasteiger charge is -2.19. The van der Waals surface area contributed by atoms with E-state index >= 15 is 0 Å². The van der Waals surface area contributed by atoms with E-state index in [9.17, 15) is 9.59 Å². The monoisotopic (exact) mass is 370 g/mol. The fourth-order valence-corrected chi connectivity index (χ4v) is 3.23. The van der Waals surface area contributed by atoms with Crippen molar-refractivity contribution in [3.8, 4) is 0 Å². The summed E-state index contributed by atoms with van der Waals surface area (Å²) in [6, 6.07) is 5.42. The fourth-order valence-electron chi connectivity index (χ4n) is 3.23. The van der Waals surface area contributed by atoms with E-state index in [0.717, 1.165) is 16.8 Å². The van der Waals surface area contributed by atoms with E-state index in [4.69, 9.17) is 4.52 Å². The zero-order chi connectivity index (χ0) is 19.9. The molecule has 0 spiro atoms. The van der Waals surface area contributed by atoms with Crippen LogP contribution in [0.25, 0.3) is 11.0 Å². The lowest BCUT2D eigenvalue weighted by molar-refractivity contribution is 0.0786. The summed E-state index contributed by atoms with van der Waals surface area (Å²) in [5.41, 5.74) is 3.21. The number of hydrogen-bond acceptors (Lipinski definition) is 4. The molecule has 3 aromatic rings. The van der Waals surface area contributed by atoms with Gasteiger partial charge in [-0.15, -0.1) is 0 Å². The summed E-state index contributed by atoms with van der Waals surface area (Å²) in [5, 5.41) is 3.94. The van der Waals surface area contributed by atoms with Gasteiger partial charge in [-0.25, -0.2) is 4.79 Å². The number of para-hydroxylation sites is 1. The Morgan fingerprint density at radius 2 is 2.00 bits per heavy atom. The SMILES string of the molecule is Cc1noc(C)c1CN(C)C(=O)c1cccc2c1[nH]c(=O)n2CC(C)(C)C. The van der Waals surface area contributed by atoms with Gasteiger partial charge in [0.1, 0.15) is 5.76 Å². The third-order valence-electron chi connectivity index (χ3n) is 4.60. The van der Waals surface area contributed by atoms with Crippen molar-refractivity contribution in [2.75, 3.05) is 7.05 Å². The highest BCUT2D eigenvalue weighted by Crippen LogP contribution is 2.23. The first-order valence-corrected chi connectivity index (χ1v) is 8.97. The number of carbonyl (C=O) groups is 1. The van der Waals surface area contributed by atoms with Crippen molar-refractivity contribution in [3.05, 3.63) is 51.3 Å². The fraction of sp³-hybridized carbons (Fsp3) is 0.450. The number of nitrogens with one attached hydrogen (secondary N) is 1. The van der Waals surface area contributed by atoms with Gasteiger partial charge in [0.05, 0.1) is 28.8 Å². The molecule has 1 N–H and O–H groups in total. The van der Waals surface area contributed by atoms with E-state index in [1.165, 1.54) is 0 Å². The minimum atomic E-state index is -0.200. The number of aryl methyl sites for hydroxylation is 2. The van der Waals surface area contributed by atoms with Gasteiger partial charge in [0.15, 0.2) is 0 Å². The molecule has 0 saturated heterocycles. The number of fused-ring (bicyclic) bond motifs is 1. The molecule has 0 aliphatic carbocycles. The number of H-pyrrole nitrogens is 1. The molecular formula is C20H26N4O3. The van der Waals surface area contributed by atoms with Crippen LogP contribution in [0.3, 0.4) is 0 Å². The van der Waals surface area contributed by atoms with Crippen molar-refractivity contribution in [1.29, 1.82) is 0 Å². The van der Waals surface area contributed by atoms with E-state index in [1.807, 2.05) is 26.0 Å². The molecule has 3 rings (SSSR count). The number of imidazole rings is 1. The zero-order valence-corrected chi connectivity index (χ0v) is 16.7. The van der Waals surface area contributed by atoms with Crippen LogP contribution in [0.4, 0.5) is 0 Å². The normalized spacial score (nSPS) is 11.9. The first-order chi connectivity index (χ1) is 12.6. The molecule has 27 heavy (non-hydrogen) atoms. The second kappa shape index (κ2) is 6.72. The molecule has 0 aliphatic rings. The molecule has 0 bridgehead atoms. The average molecular weight is 370 g/mol. The summed E-state index contributed by atoms with van der Waals surface area (Å²) < 4.78 is 6.87. The van der Waals surface area contributed by atoms with Gasteiger partial charge in [-0.1, -0.05) is 32.0 Å². The minimum Gasteiger partial charge on any atom is -0.361 e. The number of carbonyl (C=O) groups excluding carboxylic acids is 1. The van der Waals surface area contributed by atoms with Gasteiger partial charge in [0.25, 0.3) is 5.91 Å². The second-order valence-electron chi connectivity index (χ2n) is 8.24. The first kappa shape index (κ1) is 18.9. The van der Waals surface area contributed by atoms with Crippen LogP contribution in [0.2, 0.25) is 0 Å². The Morgan fingerprint density at radius 3 is 2.59 bits per heavy atom. The highest BCUT2D eigenvalue weighted by Gasteiger charge is 2.22. The number of benzene rings is 1. The van der Waals surface area contributed by atoms with Crippen molar-refractivity contribution in [2.24, 2.45) is 5.41 Å². The van der Waals surface area contributed by atoms with Gasteiger partial charge < -0.3 is 14.4 Å². The molecule has 0 aliphatic heterocycles. The van der Waals surface area contributed by atoms with Crippen LogP contribution in [0.1, 0.15) is 48.1 Å². The Kier molecular flexibility index (Phi) is 4.71. The Balaban J connectivity index is 1.98. The van der Waals surface area contributed by atoms with Crippen LogP contribution in [0, 0.1) is 19.3 Å². The van der Waals surface area contributed by atoms with Gasteiger partial charge in [0.2, 0.25) is 0 Å². The summed E-state index contributed by atoms with van der Waals surface area (Å²) >= 11 is 0. The van der Waals surface area contributed by atoms with Crippen molar-refractivity contribution < 1.29 is 9.32 Å².